The Morgan fingerprint density at radius 1 is 1.35 bits per heavy atom. The Morgan fingerprint density at radius 3 is 2.53 bits per heavy atom. The van der Waals surface area contributed by atoms with Crippen LogP contribution in [-0.2, 0) is 9.59 Å². The van der Waals surface area contributed by atoms with Gasteiger partial charge in [0.15, 0.2) is 0 Å². The molecule has 17 heavy (non-hydrogen) atoms. The molecule has 0 amide bonds. The molecule has 0 aliphatic heterocycles. The summed E-state index contributed by atoms with van der Waals surface area (Å²) in [7, 11) is 0. The predicted molar refractivity (Wildman–Crippen MR) is 61.2 cm³/mol. The van der Waals surface area contributed by atoms with E-state index in [9.17, 15) is 9.59 Å². The van der Waals surface area contributed by atoms with Crippen molar-refractivity contribution in [2.75, 3.05) is 0 Å². The lowest BCUT2D eigenvalue weighted by Crippen LogP contribution is -2.03. The number of carboxylic acid groups (broad SMARTS) is 2. The average Bonchev–Trinajstić information content (AvgIpc) is 2.25. The fraction of sp³-hybridized carbons (Fsp3) is 0.0833. The lowest BCUT2D eigenvalue weighted by molar-refractivity contribution is -0.132. The van der Waals surface area contributed by atoms with Gasteiger partial charge in [0.2, 0.25) is 0 Å². The maximum Gasteiger partial charge on any atom is 0.335 e. The van der Waals surface area contributed by atoms with Gasteiger partial charge in [-0.2, -0.15) is 0 Å². The first-order valence-electron chi connectivity index (χ1n) is 4.77. The molecule has 1 aromatic rings. The summed E-state index contributed by atoms with van der Waals surface area (Å²) in [5.74, 6) is -2.36. The molecule has 1 heterocycles. The minimum Gasteiger partial charge on any atom is -0.478 e. The molecule has 0 fully saturated rings. The molecule has 0 aromatic carbocycles. The number of rotatable bonds is 4. The number of aliphatic carboxylic acids is 2. The van der Waals surface area contributed by atoms with E-state index in [2.05, 4.69) is 4.98 Å². The topological polar surface area (TPSA) is 87.5 Å². The smallest absolute Gasteiger partial charge is 0.335 e. The molecule has 0 aliphatic carbocycles. The van der Waals surface area contributed by atoms with Gasteiger partial charge in [0.1, 0.15) is 0 Å². The van der Waals surface area contributed by atoms with Crippen LogP contribution >= 0.6 is 0 Å². The molecular formula is C12H11NO4. The summed E-state index contributed by atoms with van der Waals surface area (Å²) in [6.07, 6.45) is 5.30. The number of nitrogens with zero attached hydrogens (tertiary/aromatic N) is 1. The van der Waals surface area contributed by atoms with Gasteiger partial charge in [-0.25, -0.2) is 9.59 Å². The highest BCUT2D eigenvalue weighted by Crippen LogP contribution is 2.14. The molecule has 0 saturated carbocycles. The highest BCUT2D eigenvalue weighted by atomic mass is 16.4. The van der Waals surface area contributed by atoms with Gasteiger partial charge < -0.3 is 10.2 Å². The van der Waals surface area contributed by atoms with Crippen molar-refractivity contribution in [2.24, 2.45) is 0 Å². The van der Waals surface area contributed by atoms with Gasteiger partial charge in [-0.1, -0.05) is 6.07 Å². The summed E-state index contributed by atoms with van der Waals surface area (Å²) in [6.45, 7) is 1.43. The van der Waals surface area contributed by atoms with Gasteiger partial charge in [-0.15, -0.1) is 0 Å². The van der Waals surface area contributed by atoms with Gasteiger partial charge >= 0.3 is 11.9 Å². The van der Waals surface area contributed by atoms with Crippen molar-refractivity contribution >= 4 is 18.0 Å². The summed E-state index contributed by atoms with van der Waals surface area (Å²) in [4.78, 5) is 25.3. The van der Waals surface area contributed by atoms with Crippen molar-refractivity contribution in [1.82, 2.24) is 4.98 Å². The highest BCUT2D eigenvalue weighted by Gasteiger charge is 2.10. The zero-order chi connectivity index (χ0) is 12.8. The maximum atomic E-state index is 11.0. The molecule has 0 atom stereocenters. The van der Waals surface area contributed by atoms with Crippen LogP contribution in [0.5, 0.6) is 0 Å². The van der Waals surface area contributed by atoms with Crippen LogP contribution in [0.15, 0.2) is 41.7 Å². The highest BCUT2D eigenvalue weighted by molar-refractivity contribution is 5.98. The van der Waals surface area contributed by atoms with E-state index < -0.39 is 11.9 Å². The summed E-state index contributed by atoms with van der Waals surface area (Å²) in [5, 5.41) is 17.6. The van der Waals surface area contributed by atoms with Crippen LogP contribution in [0.2, 0.25) is 0 Å². The number of carboxylic acids is 2. The van der Waals surface area contributed by atoms with E-state index >= 15 is 0 Å². The summed E-state index contributed by atoms with van der Waals surface area (Å²) in [5.41, 5.74) is 0.706. The Balaban J connectivity index is 3.15. The summed E-state index contributed by atoms with van der Waals surface area (Å²) in [6, 6.07) is 3.35. The van der Waals surface area contributed by atoms with Crippen molar-refractivity contribution in [2.45, 2.75) is 6.92 Å². The van der Waals surface area contributed by atoms with Crippen LogP contribution in [0.3, 0.4) is 0 Å². The van der Waals surface area contributed by atoms with Crippen LogP contribution in [0.25, 0.3) is 6.08 Å². The van der Waals surface area contributed by atoms with Gasteiger partial charge in [-0.05, 0) is 30.2 Å². The second kappa shape index (κ2) is 5.60. The van der Waals surface area contributed by atoms with E-state index in [1.54, 1.807) is 18.3 Å². The van der Waals surface area contributed by atoms with Crippen LogP contribution in [0.4, 0.5) is 0 Å². The number of aromatic nitrogens is 1. The molecule has 2 N–H and O–H groups in total. The summed E-state index contributed by atoms with van der Waals surface area (Å²) < 4.78 is 0. The summed E-state index contributed by atoms with van der Waals surface area (Å²) >= 11 is 0. The Morgan fingerprint density at radius 2 is 2.06 bits per heavy atom. The second-order valence-electron chi connectivity index (χ2n) is 3.32. The van der Waals surface area contributed by atoms with E-state index in [4.69, 9.17) is 10.2 Å². The monoisotopic (exact) mass is 233 g/mol. The predicted octanol–water partition coefficient (Wildman–Crippen LogP) is 1.58. The SMILES string of the molecule is CC(=C\C(=O)O)/C(=C\c1cccnc1)C(=O)O. The molecule has 1 rings (SSSR count). The lowest BCUT2D eigenvalue weighted by atomic mass is 10.0. The third-order valence-electron chi connectivity index (χ3n) is 1.99. The molecule has 5 heteroatoms. The van der Waals surface area contributed by atoms with Crippen molar-refractivity contribution in [3.8, 4) is 0 Å². The molecule has 88 valence electrons. The molecule has 0 bridgehead atoms. The van der Waals surface area contributed by atoms with E-state index in [0.29, 0.717) is 5.56 Å². The molecule has 1 aromatic heterocycles. The van der Waals surface area contributed by atoms with E-state index in [0.717, 1.165) is 6.08 Å². The average molecular weight is 233 g/mol. The molecule has 0 saturated heterocycles. The van der Waals surface area contributed by atoms with Crippen molar-refractivity contribution < 1.29 is 19.8 Å². The molecule has 0 aliphatic rings. The minimum atomic E-state index is -1.18. The first-order chi connectivity index (χ1) is 8.00. The van der Waals surface area contributed by atoms with Gasteiger partial charge in [-0.3, -0.25) is 4.98 Å². The first kappa shape index (κ1) is 12.6. The van der Waals surface area contributed by atoms with Crippen molar-refractivity contribution in [3.63, 3.8) is 0 Å². The van der Waals surface area contributed by atoms with Crippen molar-refractivity contribution in [3.05, 3.63) is 47.3 Å². The number of hydrogen-bond acceptors (Lipinski definition) is 3. The van der Waals surface area contributed by atoms with Crippen LogP contribution < -0.4 is 0 Å². The van der Waals surface area contributed by atoms with Crippen LogP contribution in [0.1, 0.15) is 12.5 Å². The quantitative estimate of drug-likeness (QED) is 0.609. The van der Waals surface area contributed by atoms with Gasteiger partial charge in [0, 0.05) is 18.5 Å². The van der Waals surface area contributed by atoms with Crippen LogP contribution in [-0.4, -0.2) is 27.1 Å². The number of pyridine rings is 1. The number of hydrogen-bond donors (Lipinski definition) is 2. The Hall–Kier alpha value is -2.43. The first-order valence-corrected chi connectivity index (χ1v) is 4.77. The standard InChI is InChI=1S/C12H11NO4/c1-8(5-11(14)15)10(12(16)17)6-9-3-2-4-13-7-9/h2-7H,1H3,(H,14,15)(H,16,17)/b8-5+,10-6+. The number of carbonyl (C=O) groups is 2. The largest absolute Gasteiger partial charge is 0.478 e. The second-order valence-corrected chi connectivity index (χ2v) is 3.32. The molecule has 0 radical (unpaired) electrons. The minimum absolute atomic E-state index is 0.0691. The normalized spacial score (nSPS) is 12.3. The fourth-order valence-electron chi connectivity index (χ4n) is 1.24. The lowest BCUT2D eigenvalue weighted by Gasteiger charge is -2.01. The molecule has 5 nitrogen and oxygen atoms in total. The third-order valence-corrected chi connectivity index (χ3v) is 1.99. The molecule has 0 unspecified atom stereocenters. The third kappa shape index (κ3) is 3.90. The van der Waals surface area contributed by atoms with Crippen LogP contribution in [0, 0.1) is 0 Å². The Labute approximate surface area is 97.7 Å². The molecule has 0 spiro atoms. The maximum absolute atomic E-state index is 11.0. The van der Waals surface area contributed by atoms with Crippen molar-refractivity contribution in [1.29, 1.82) is 0 Å². The van der Waals surface area contributed by atoms with E-state index in [1.165, 1.54) is 19.2 Å². The molecular weight excluding hydrogens is 222 g/mol. The van der Waals surface area contributed by atoms with Gasteiger partial charge in [0.25, 0.3) is 0 Å². The zero-order valence-corrected chi connectivity index (χ0v) is 9.12. The van der Waals surface area contributed by atoms with E-state index in [1.807, 2.05) is 0 Å². The van der Waals surface area contributed by atoms with Gasteiger partial charge in [0.05, 0.1) is 5.57 Å². The van der Waals surface area contributed by atoms with E-state index in [-0.39, 0.29) is 11.1 Å². The Kier molecular flexibility index (Phi) is 4.16. The fourth-order valence-corrected chi connectivity index (χ4v) is 1.24. The Bertz CT molecular complexity index is 488. The zero-order valence-electron chi connectivity index (χ0n) is 9.12.